The summed E-state index contributed by atoms with van der Waals surface area (Å²) in [6.07, 6.45) is 57.9. The summed E-state index contributed by atoms with van der Waals surface area (Å²) in [7, 11) is 0. The van der Waals surface area contributed by atoms with Gasteiger partial charge in [0.15, 0.2) is 12.4 Å². The number of allylic oxidation sites excluding steroid dienone is 11. The Hall–Kier alpha value is -2.90. The quantitative estimate of drug-likeness (QED) is 0.0195. The van der Waals surface area contributed by atoms with Crippen molar-refractivity contribution in [2.24, 2.45) is 0 Å². The zero-order valence-electron chi connectivity index (χ0n) is 49.3. The lowest BCUT2D eigenvalue weighted by Crippen LogP contribution is -2.61. The van der Waals surface area contributed by atoms with Crippen molar-refractivity contribution in [1.29, 1.82) is 0 Å². The van der Waals surface area contributed by atoms with Gasteiger partial charge >= 0.3 is 5.97 Å². The third-order valence-corrected chi connectivity index (χ3v) is 14.6. The molecule has 0 aromatic heterocycles. The van der Waals surface area contributed by atoms with Gasteiger partial charge in [0.25, 0.3) is 0 Å². The lowest BCUT2D eigenvalue weighted by molar-refractivity contribution is -0.305. The smallest absolute Gasteiger partial charge is 0.306 e. The highest BCUT2D eigenvalue weighted by molar-refractivity contribution is 5.80. The van der Waals surface area contributed by atoms with Crippen LogP contribution in [0.1, 0.15) is 271 Å². The molecule has 1 saturated heterocycles. The lowest BCUT2D eigenvalue weighted by atomic mass is 9.99. The van der Waals surface area contributed by atoms with Crippen LogP contribution in [0.25, 0.3) is 0 Å². The van der Waals surface area contributed by atoms with Gasteiger partial charge in [-0.25, -0.2) is 0 Å². The monoisotopic (exact) mass is 1080 g/mol. The fraction of sp³-hybridized carbons (Fsp3) is 0.788. The average molecular weight is 1080 g/mol. The third-order valence-electron chi connectivity index (χ3n) is 14.6. The number of unbranched alkanes of at least 4 members (excludes halogenated alkanes) is 29. The highest BCUT2D eigenvalue weighted by atomic mass is 16.7. The summed E-state index contributed by atoms with van der Waals surface area (Å²) in [4.78, 5) is 26.5. The minimum absolute atomic E-state index is 0.0999. The maximum atomic E-state index is 13.4. The molecule has 1 aliphatic heterocycles. The van der Waals surface area contributed by atoms with Crippen molar-refractivity contribution in [3.63, 3.8) is 0 Å². The third kappa shape index (κ3) is 41.7. The highest BCUT2D eigenvalue weighted by Gasteiger charge is 2.47. The van der Waals surface area contributed by atoms with E-state index in [2.05, 4.69) is 86.8 Å². The van der Waals surface area contributed by atoms with Gasteiger partial charge in [0.2, 0.25) is 5.91 Å². The number of nitrogens with one attached hydrogen (secondary N) is 1. The lowest BCUT2D eigenvalue weighted by Gasteiger charge is -2.41. The Kier molecular flexibility index (Phi) is 50.3. The largest absolute Gasteiger partial charge is 0.454 e. The van der Waals surface area contributed by atoms with Crippen molar-refractivity contribution in [1.82, 2.24) is 5.32 Å². The first-order chi connectivity index (χ1) is 37.7. The van der Waals surface area contributed by atoms with Crippen molar-refractivity contribution in [2.75, 3.05) is 13.2 Å². The maximum absolute atomic E-state index is 13.4. The molecular weight excluding hydrogens is 967 g/mol. The standard InChI is InChI=1S/C66H117NO10/c1-4-7-10-13-16-19-22-24-26-28-29-30-31-32-34-36-39-42-45-48-51-54-61(71)77-64-63(73)62(72)60(55-68)76-66(64)75-56-57(58(69)52-49-46-43-40-37-21-18-15-12-9-6-3)67-65(74)59(70)53-50-47-44-41-38-35-33-27-25-23-20-17-14-11-8-5-2/h16,19,24-27,29-30,32,34,49,52,57-60,62-64,66,68-70,72-73H,4-15,17-18,20-23,28,31,33,35-48,50-51,53-56H2,1-3H3,(H,67,74)/b19-16-,26-24-,27-25+,30-29-,34-32-,52-49+. The first kappa shape index (κ1) is 72.1. The van der Waals surface area contributed by atoms with E-state index >= 15 is 0 Å². The van der Waals surface area contributed by atoms with Gasteiger partial charge in [0.1, 0.15) is 24.4 Å². The number of aliphatic hydroxyl groups is 5. The number of ether oxygens (including phenoxy) is 3. The van der Waals surface area contributed by atoms with Crippen molar-refractivity contribution in [2.45, 2.75) is 320 Å². The predicted molar refractivity (Wildman–Crippen MR) is 319 cm³/mol. The molecule has 1 heterocycles. The van der Waals surface area contributed by atoms with Gasteiger partial charge < -0.3 is 45.1 Å². The summed E-state index contributed by atoms with van der Waals surface area (Å²) in [6.45, 7) is 5.74. The molecule has 0 radical (unpaired) electrons. The summed E-state index contributed by atoms with van der Waals surface area (Å²) < 4.78 is 17.6. The number of rotatable bonds is 53. The molecule has 11 heteroatoms. The molecule has 8 atom stereocenters. The van der Waals surface area contributed by atoms with Crippen molar-refractivity contribution in [3.8, 4) is 0 Å². The van der Waals surface area contributed by atoms with Gasteiger partial charge in [-0.1, -0.05) is 241 Å². The molecule has 1 amide bonds. The van der Waals surface area contributed by atoms with E-state index < -0.39 is 67.4 Å². The van der Waals surface area contributed by atoms with Gasteiger partial charge in [-0.2, -0.15) is 0 Å². The van der Waals surface area contributed by atoms with Crippen LogP contribution in [-0.2, 0) is 23.8 Å². The van der Waals surface area contributed by atoms with E-state index in [1.165, 1.54) is 122 Å². The molecule has 0 saturated carbocycles. The first-order valence-corrected chi connectivity index (χ1v) is 31.7. The Morgan fingerprint density at radius 3 is 1.38 bits per heavy atom. The van der Waals surface area contributed by atoms with Crippen molar-refractivity contribution in [3.05, 3.63) is 72.9 Å². The molecule has 1 aliphatic rings. The van der Waals surface area contributed by atoms with Gasteiger partial charge in [0, 0.05) is 6.42 Å². The van der Waals surface area contributed by atoms with Crippen molar-refractivity contribution < 1.29 is 49.3 Å². The van der Waals surface area contributed by atoms with Crippen LogP contribution in [0.15, 0.2) is 72.9 Å². The molecule has 0 bridgehead atoms. The topological polar surface area (TPSA) is 175 Å². The van der Waals surface area contributed by atoms with E-state index in [1.54, 1.807) is 6.08 Å². The van der Waals surface area contributed by atoms with Crippen LogP contribution in [0.2, 0.25) is 0 Å². The molecule has 0 aromatic carbocycles. The Labute approximate surface area is 471 Å². The van der Waals surface area contributed by atoms with Crippen LogP contribution in [0.5, 0.6) is 0 Å². The van der Waals surface area contributed by atoms with Crippen LogP contribution in [0, 0.1) is 0 Å². The summed E-state index contributed by atoms with van der Waals surface area (Å²) in [5.74, 6) is -1.22. The molecule has 446 valence electrons. The number of carbonyl (C=O) groups excluding carboxylic acids is 2. The van der Waals surface area contributed by atoms with E-state index in [0.717, 1.165) is 103 Å². The SMILES string of the molecule is CCCCC/C=C\C/C=C\C/C=C\C/C=C\CCCCCCCC(=O)OC1C(OCC(NC(=O)C(O)CCCCCCCC/C=C/CCCCCCCC)C(O)/C=C/CCCCCCCCCCC)OC(CO)C(O)C1O. The molecule has 0 spiro atoms. The highest BCUT2D eigenvalue weighted by Crippen LogP contribution is 2.26. The average Bonchev–Trinajstić information content (AvgIpc) is 3.43. The van der Waals surface area contributed by atoms with Gasteiger partial charge in [-0.3, -0.25) is 9.59 Å². The van der Waals surface area contributed by atoms with Gasteiger partial charge in [0.05, 0.1) is 25.4 Å². The molecule has 77 heavy (non-hydrogen) atoms. The van der Waals surface area contributed by atoms with Crippen LogP contribution in [0.3, 0.4) is 0 Å². The number of esters is 1. The van der Waals surface area contributed by atoms with Gasteiger partial charge in [-0.05, 0) is 96.3 Å². The summed E-state index contributed by atoms with van der Waals surface area (Å²) in [5.41, 5.74) is 0. The molecule has 8 unspecified atom stereocenters. The second kappa shape index (κ2) is 53.7. The number of hydrogen-bond donors (Lipinski definition) is 6. The van der Waals surface area contributed by atoms with E-state index in [1.807, 2.05) is 6.08 Å². The molecule has 1 rings (SSSR count). The van der Waals surface area contributed by atoms with E-state index in [0.29, 0.717) is 12.8 Å². The molecule has 6 N–H and O–H groups in total. The zero-order valence-corrected chi connectivity index (χ0v) is 49.3. The minimum atomic E-state index is -1.62. The number of amides is 1. The van der Waals surface area contributed by atoms with E-state index in [9.17, 15) is 35.1 Å². The van der Waals surface area contributed by atoms with Crippen LogP contribution in [-0.4, -0.2) is 99.6 Å². The van der Waals surface area contributed by atoms with Gasteiger partial charge in [-0.15, -0.1) is 0 Å². The predicted octanol–water partition coefficient (Wildman–Crippen LogP) is 15.2. The Bertz CT molecular complexity index is 1530. The van der Waals surface area contributed by atoms with E-state index in [-0.39, 0.29) is 19.4 Å². The van der Waals surface area contributed by atoms with Crippen LogP contribution in [0.4, 0.5) is 0 Å². The second-order valence-corrected chi connectivity index (χ2v) is 21.8. The van der Waals surface area contributed by atoms with E-state index in [4.69, 9.17) is 14.2 Å². The normalized spacial score (nSPS) is 19.5. The number of carbonyl (C=O) groups is 2. The Balaban J connectivity index is 2.67. The fourth-order valence-electron chi connectivity index (χ4n) is 9.51. The molecule has 0 aromatic rings. The fourth-order valence-corrected chi connectivity index (χ4v) is 9.51. The molecular formula is C66H117NO10. The molecule has 11 nitrogen and oxygen atoms in total. The maximum Gasteiger partial charge on any atom is 0.306 e. The summed E-state index contributed by atoms with van der Waals surface area (Å²) in [5, 5.41) is 57.0. The summed E-state index contributed by atoms with van der Waals surface area (Å²) >= 11 is 0. The second-order valence-electron chi connectivity index (χ2n) is 21.8. The summed E-state index contributed by atoms with van der Waals surface area (Å²) in [6, 6.07) is -1.03. The van der Waals surface area contributed by atoms with Crippen molar-refractivity contribution >= 4 is 11.9 Å². The van der Waals surface area contributed by atoms with Crippen LogP contribution < -0.4 is 5.32 Å². The number of aliphatic hydroxyl groups excluding tert-OH is 5. The Morgan fingerprint density at radius 2 is 0.896 bits per heavy atom. The molecule has 1 fully saturated rings. The first-order valence-electron chi connectivity index (χ1n) is 31.7. The Morgan fingerprint density at radius 1 is 0.506 bits per heavy atom. The van der Waals surface area contributed by atoms with Crippen LogP contribution >= 0.6 is 0 Å². The minimum Gasteiger partial charge on any atom is -0.454 e. The number of hydrogen-bond acceptors (Lipinski definition) is 10. The zero-order chi connectivity index (χ0) is 56.1. The molecule has 0 aliphatic carbocycles.